The van der Waals surface area contributed by atoms with Gasteiger partial charge in [0.05, 0.1) is 11.7 Å². The molecule has 128 valence electrons. The van der Waals surface area contributed by atoms with Crippen LogP contribution < -0.4 is 4.74 Å². The van der Waals surface area contributed by atoms with Gasteiger partial charge in [-0.05, 0) is 57.8 Å². The molecular formula is C18H28ClN3O. The maximum absolute atomic E-state index is 6.36. The first-order chi connectivity index (χ1) is 10.7. The molecule has 0 aliphatic heterocycles. The molecule has 1 aliphatic carbocycles. The van der Waals surface area contributed by atoms with Gasteiger partial charge in [0.1, 0.15) is 11.9 Å². The van der Waals surface area contributed by atoms with Gasteiger partial charge in [0, 0.05) is 17.0 Å². The van der Waals surface area contributed by atoms with Crippen LogP contribution in [0.25, 0.3) is 10.9 Å². The number of hydrogen-bond donors (Lipinski definition) is 1. The fourth-order valence-corrected chi connectivity index (χ4v) is 3.74. The molecule has 1 fully saturated rings. The molecule has 0 saturated heterocycles. The molecule has 1 aliphatic rings. The van der Waals surface area contributed by atoms with Crippen molar-refractivity contribution in [2.24, 2.45) is 0 Å². The number of halogens is 1. The first kappa shape index (κ1) is 18.1. The third-order valence-electron chi connectivity index (χ3n) is 5.06. The van der Waals surface area contributed by atoms with Crippen LogP contribution in [-0.4, -0.2) is 40.3 Å². The van der Waals surface area contributed by atoms with Crippen LogP contribution >= 0.6 is 12.4 Å². The number of nitrogens with one attached hydrogen (secondary N) is 1. The van der Waals surface area contributed by atoms with E-state index in [-0.39, 0.29) is 12.4 Å². The molecule has 0 radical (unpaired) electrons. The van der Waals surface area contributed by atoms with E-state index in [1.807, 2.05) is 6.20 Å². The van der Waals surface area contributed by atoms with E-state index in [9.17, 15) is 0 Å². The molecule has 3 rings (SSSR count). The normalized spacial score (nSPS) is 21.4. The topological polar surface area (TPSA) is 41.1 Å². The maximum atomic E-state index is 6.36. The lowest BCUT2D eigenvalue weighted by Gasteiger charge is -2.36. The van der Waals surface area contributed by atoms with Crippen molar-refractivity contribution in [3.63, 3.8) is 0 Å². The van der Waals surface area contributed by atoms with Crippen molar-refractivity contribution >= 4 is 23.3 Å². The van der Waals surface area contributed by atoms with Crippen LogP contribution in [0.1, 0.15) is 45.1 Å². The van der Waals surface area contributed by atoms with Gasteiger partial charge in [0.2, 0.25) is 0 Å². The molecule has 4 nitrogen and oxygen atoms in total. The van der Waals surface area contributed by atoms with E-state index in [1.165, 1.54) is 24.8 Å². The summed E-state index contributed by atoms with van der Waals surface area (Å²) < 4.78 is 6.36. The lowest BCUT2D eigenvalue weighted by molar-refractivity contribution is 0.0814. The second-order valence-electron chi connectivity index (χ2n) is 6.30. The van der Waals surface area contributed by atoms with E-state index in [1.54, 1.807) is 0 Å². The molecule has 2 aromatic rings. The van der Waals surface area contributed by atoms with Crippen molar-refractivity contribution in [2.75, 3.05) is 13.1 Å². The second-order valence-corrected chi connectivity index (χ2v) is 6.30. The van der Waals surface area contributed by atoms with Gasteiger partial charge in [-0.15, -0.1) is 12.4 Å². The number of ether oxygens (including phenoxy) is 1. The van der Waals surface area contributed by atoms with E-state index < -0.39 is 0 Å². The minimum absolute atomic E-state index is 0. The average Bonchev–Trinajstić information content (AvgIpc) is 3.01. The first-order valence-electron chi connectivity index (χ1n) is 8.56. The molecular weight excluding hydrogens is 310 g/mol. The standard InChI is InChI=1S/C18H27N3O.ClH/c1-4-21(5-2)14-7-6-8-15(11-14)22-18-10-9-17-16(13(18)3)12-19-20-17;/h9-10,12,14-15H,4-8,11H2,1-3H3,(H,19,20);1H/t14-,15-;/m1./s1. The van der Waals surface area contributed by atoms with Gasteiger partial charge in [-0.1, -0.05) is 13.8 Å². The van der Waals surface area contributed by atoms with Crippen LogP contribution in [0.2, 0.25) is 0 Å². The van der Waals surface area contributed by atoms with E-state index in [4.69, 9.17) is 4.74 Å². The van der Waals surface area contributed by atoms with Gasteiger partial charge in [-0.3, -0.25) is 5.10 Å². The van der Waals surface area contributed by atoms with Crippen molar-refractivity contribution in [3.05, 3.63) is 23.9 Å². The quantitative estimate of drug-likeness (QED) is 0.883. The predicted octanol–water partition coefficient (Wildman–Crippen LogP) is 4.32. The number of aromatic amines is 1. The minimum Gasteiger partial charge on any atom is -0.490 e. The summed E-state index contributed by atoms with van der Waals surface area (Å²) in [5, 5.41) is 8.30. The maximum Gasteiger partial charge on any atom is 0.123 e. The first-order valence-corrected chi connectivity index (χ1v) is 8.56. The number of hydrogen-bond acceptors (Lipinski definition) is 3. The highest BCUT2D eigenvalue weighted by molar-refractivity contribution is 5.85. The van der Waals surface area contributed by atoms with Crippen molar-refractivity contribution in [1.82, 2.24) is 15.1 Å². The highest BCUT2D eigenvalue weighted by Crippen LogP contribution is 2.31. The molecule has 1 aromatic carbocycles. The Morgan fingerprint density at radius 1 is 1.26 bits per heavy atom. The van der Waals surface area contributed by atoms with Gasteiger partial charge >= 0.3 is 0 Å². The largest absolute Gasteiger partial charge is 0.490 e. The lowest BCUT2D eigenvalue weighted by atomic mass is 9.91. The van der Waals surface area contributed by atoms with Crippen LogP contribution in [0.3, 0.4) is 0 Å². The molecule has 0 spiro atoms. The fraction of sp³-hybridized carbons (Fsp3) is 0.611. The van der Waals surface area contributed by atoms with Crippen LogP contribution in [0, 0.1) is 6.92 Å². The van der Waals surface area contributed by atoms with Gasteiger partial charge in [-0.25, -0.2) is 0 Å². The molecule has 23 heavy (non-hydrogen) atoms. The highest BCUT2D eigenvalue weighted by Gasteiger charge is 2.26. The third kappa shape index (κ3) is 3.81. The Bertz CT molecular complexity index is 624. The Kier molecular flexibility index (Phi) is 6.31. The van der Waals surface area contributed by atoms with Crippen LogP contribution in [-0.2, 0) is 0 Å². The SMILES string of the molecule is CCN(CC)[C@@H]1CCC[C@@H](Oc2ccc3[nH]ncc3c2C)C1.Cl. The Balaban J connectivity index is 0.00000192. The summed E-state index contributed by atoms with van der Waals surface area (Å²) in [6.07, 6.45) is 7.10. The molecule has 1 heterocycles. The number of H-pyrrole nitrogens is 1. The Hall–Kier alpha value is -1.26. The van der Waals surface area contributed by atoms with Gasteiger partial charge in [0.25, 0.3) is 0 Å². The number of fused-ring (bicyclic) bond motifs is 1. The third-order valence-corrected chi connectivity index (χ3v) is 5.06. The van der Waals surface area contributed by atoms with Crippen molar-refractivity contribution in [1.29, 1.82) is 0 Å². The number of aromatic nitrogens is 2. The van der Waals surface area contributed by atoms with E-state index in [2.05, 4.69) is 48.0 Å². The molecule has 5 heteroatoms. The molecule has 0 amide bonds. The molecule has 0 unspecified atom stereocenters. The minimum atomic E-state index is 0. The fourth-order valence-electron chi connectivity index (χ4n) is 3.74. The van der Waals surface area contributed by atoms with Crippen LogP contribution in [0.15, 0.2) is 18.3 Å². The molecule has 2 atom stereocenters. The van der Waals surface area contributed by atoms with Gasteiger partial charge < -0.3 is 9.64 Å². The zero-order valence-electron chi connectivity index (χ0n) is 14.3. The number of aryl methyl sites for hydroxylation is 1. The Morgan fingerprint density at radius 3 is 2.78 bits per heavy atom. The summed E-state index contributed by atoms with van der Waals surface area (Å²) in [6, 6.07) is 4.82. The summed E-state index contributed by atoms with van der Waals surface area (Å²) >= 11 is 0. The Labute approximate surface area is 145 Å². The van der Waals surface area contributed by atoms with Gasteiger partial charge in [-0.2, -0.15) is 5.10 Å². The van der Waals surface area contributed by atoms with E-state index in [0.717, 1.165) is 36.2 Å². The second kappa shape index (κ2) is 8.02. The summed E-state index contributed by atoms with van der Waals surface area (Å²) in [6.45, 7) is 8.90. The zero-order valence-corrected chi connectivity index (χ0v) is 15.2. The Morgan fingerprint density at radius 2 is 2.04 bits per heavy atom. The van der Waals surface area contributed by atoms with Crippen LogP contribution in [0.4, 0.5) is 0 Å². The molecule has 0 bridgehead atoms. The average molecular weight is 338 g/mol. The highest BCUT2D eigenvalue weighted by atomic mass is 35.5. The number of benzene rings is 1. The smallest absolute Gasteiger partial charge is 0.123 e. The lowest BCUT2D eigenvalue weighted by Crippen LogP contribution is -2.41. The van der Waals surface area contributed by atoms with Crippen molar-refractivity contribution in [2.45, 2.75) is 58.6 Å². The van der Waals surface area contributed by atoms with Crippen molar-refractivity contribution < 1.29 is 4.74 Å². The van der Waals surface area contributed by atoms with Crippen LogP contribution in [0.5, 0.6) is 5.75 Å². The summed E-state index contributed by atoms with van der Waals surface area (Å²) in [5.41, 5.74) is 2.27. The predicted molar refractivity (Wildman–Crippen MR) is 97.7 cm³/mol. The van der Waals surface area contributed by atoms with Gasteiger partial charge in [0.15, 0.2) is 0 Å². The number of rotatable bonds is 5. The monoisotopic (exact) mass is 337 g/mol. The van der Waals surface area contributed by atoms with E-state index in [0.29, 0.717) is 12.1 Å². The molecule has 1 saturated carbocycles. The van der Waals surface area contributed by atoms with Crippen molar-refractivity contribution in [3.8, 4) is 5.75 Å². The summed E-state index contributed by atoms with van der Waals surface area (Å²) in [5.74, 6) is 1.01. The van der Waals surface area contributed by atoms with E-state index >= 15 is 0 Å². The summed E-state index contributed by atoms with van der Waals surface area (Å²) in [4.78, 5) is 2.57. The molecule has 1 aromatic heterocycles. The summed E-state index contributed by atoms with van der Waals surface area (Å²) in [7, 11) is 0. The molecule has 1 N–H and O–H groups in total. The zero-order chi connectivity index (χ0) is 15.5. The number of nitrogens with zero attached hydrogens (tertiary/aromatic N) is 2.